The predicted molar refractivity (Wildman–Crippen MR) is 109 cm³/mol. The van der Waals surface area contributed by atoms with Gasteiger partial charge in [0.1, 0.15) is 5.75 Å². The molecule has 3 rings (SSSR count). The van der Waals surface area contributed by atoms with Gasteiger partial charge >= 0.3 is 0 Å². The molecule has 4 nitrogen and oxygen atoms in total. The zero-order valence-corrected chi connectivity index (χ0v) is 16.7. The number of ether oxygens (including phenoxy) is 3. The second kappa shape index (κ2) is 9.65. The number of hydrogen-bond donors (Lipinski definition) is 1. The molecule has 1 heterocycles. The minimum Gasteiger partial charge on any atom is -0.494 e. The summed E-state index contributed by atoms with van der Waals surface area (Å²) in [5, 5.41) is 3.65. The van der Waals surface area contributed by atoms with Crippen molar-refractivity contribution in [3.63, 3.8) is 0 Å². The minimum absolute atomic E-state index is 0.160. The number of unbranched alkanes of at least 4 members (excludes halogenated alkanes) is 1. The predicted octanol–water partition coefficient (Wildman–Crippen LogP) is 4.90. The van der Waals surface area contributed by atoms with Crippen LogP contribution in [0, 0.1) is 0 Å². The van der Waals surface area contributed by atoms with Gasteiger partial charge in [0, 0.05) is 6.54 Å². The molecule has 0 amide bonds. The van der Waals surface area contributed by atoms with Crippen LogP contribution in [0.3, 0.4) is 0 Å². The molecule has 2 aromatic rings. The normalized spacial score (nSPS) is 15.9. The van der Waals surface area contributed by atoms with E-state index in [1.54, 1.807) is 0 Å². The summed E-state index contributed by atoms with van der Waals surface area (Å²) in [6, 6.07) is 12.9. The highest BCUT2D eigenvalue weighted by molar-refractivity contribution is 5.52. The van der Waals surface area contributed by atoms with Crippen molar-refractivity contribution in [2.24, 2.45) is 0 Å². The summed E-state index contributed by atoms with van der Waals surface area (Å²) in [5.41, 5.74) is 3.84. The molecule has 0 radical (unpaired) electrons. The molecule has 0 fully saturated rings. The van der Waals surface area contributed by atoms with Crippen LogP contribution in [0.25, 0.3) is 0 Å². The fraction of sp³-hybridized carbons (Fsp3) is 0.478. The van der Waals surface area contributed by atoms with Gasteiger partial charge in [-0.1, -0.05) is 25.5 Å². The summed E-state index contributed by atoms with van der Waals surface area (Å²) in [4.78, 5) is 0. The Bertz CT molecular complexity index is 727. The van der Waals surface area contributed by atoms with Crippen molar-refractivity contribution in [1.82, 2.24) is 5.32 Å². The van der Waals surface area contributed by atoms with Crippen LogP contribution in [0.15, 0.2) is 36.4 Å². The van der Waals surface area contributed by atoms with Gasteiger partial charge in [-0.3, -0.25) is 0 Å². The monoisotopic (exact) mass is 369 g/mol. The Kier molecular flexibility index (Phi) is 6.99. The van der Waals surface area contributed by atoms with Crippen LogP contribution < -0.4 is 19.5 Å². The summed E-state index contributed by atoms with van der Waals surface area (Å²) < 4.78 is 17.4. The SMILES string of the molecule is CCCCOc1ccc(C2NCCc3cc(OCC)c(OCC)cc32)cc1. The van der Waals surface area contributed by atoms with Gasteiger partial charge in [0.05, 0.1) is 25.9 Å². The molecule has 0 aliphatic carbocycles. The van der Waals surface area contributed by atoms with Crippen LogP contribution in [0.1, 0.15) is 56.3 Å². The van der Waals surface area contributed by atoms with Crippen LogP contribution in [0.2, 0.25) is 0 Å². The zero-order valence-electron chi connectivity index (χ0n) is 16.7. The van der Waals surface area contributed by atoms with Gasteiger partial charge < -0.3 is 19.5 Å². The summed E-state index contributed by atoms with van der Waals surface area (Å²) in [7, 11) is 0. The van der Waals surface area contributed by atoms with E-state index in [1.165, 1.54) is 16.7 Å². The molecule has 0 bridgehead atoms. The lowest BCUT2D eigenvalue weighted by Crippen LogP contribution is -2.30. The molecule has 27 heavy (non-hydrogen) atoms. The van der Waals surface area contributed by atoms with Gasteiger partial charge in [0.15, 0.2) is 11.5 Å². The minimum atomic E-state index is 0.160. The fourth-order valence-electron chi connectivity index (χ4n) is 3.49. The van der Waals surface area contributed by atoms with E-state index < -0.39 is 0 Å². The molecule has 4 heteroatoms. The van der Waals surface area contributed by atoms with E-state index in [1.807, 2.05) is 13.8 Å². The number of nitrogens with one attached hydrogen (secondary N) is 1. The Morgan fingerprint density at radius 3 is 2.30 bits per heavy atom. The van der Waals surface area contributed by atoms with Crippen LogP contribution in [-0.4, -0.2) is 26.4 Å². The lowest BCUT2D eigenvalue weighted by Gasteiger charge is -2.29. The zero-order chi connectivity index (χ0) is 19.1. The highest BCUT2D eigenvalue weighted by Crippen LogP contribution is 2.38. The van der Waals surface area contributed by atoms with Gasteiger partial charge in [0.2, 0.25) is 0 Å². The van der Waals surface area contributed by atoms with Crippen LogP contribution in [0.4, 0.5) is 0 Å². The first kappa shape index (κ1) is 19.6. The number of benzene rings is 2. The maximum atomic E-state index is 5.84. The van der Waals surface area contributed by atoms with E-state index in [0.29, 0.717) is 13.2 Å². The molecule has 0 spiro atoms. The van der Waals surface area contributed by atoms with E-state index in [2.05, 4.69) is 48.6 Å². The standard InChI is InChI=1S/C23H31NO3/c1-4-7-14-27-19-10-8-17(9-11-19)23-20-16-22(26-6-3)21(25-5-2)15-18(20)12-13-24-23/h8-11,15-16,23-24H,4-7,12-14H2,1-3H3. The molecule has 0 saturated carbocycles. The average molecular weight is 370 g/mol. The number of hydrogen-bond acceptors (Lipinski definition) is 4. The average Bonchev–Trinajstić information content (AvgIpc) is 2.69. The maximum Gasteiger partial charge on any atom is 0.161 e. The fourth-order valence-corrected chi connectivity index (χ4v) is 3.49. The van der Waals surface area contributed by atoms with E-state index in [4.69, 9.17) is 14.2 Å². The van der Waals surface area contributed by atoms with E-state index in [0.717, 1.165) is 49.7 Å². The molecule has 0 aromatic heterocycles. The molecule has 1 aliphatic rings. The van der Waals surface area contributed by atoms with E-state index in [-0.39, 0.29) is 6.04 Å². The third-order valence-electron chi connectivity index (χ3n) is 4.84. The first-order valence-corrected chi connectivity index (χ1v) is 10.1. The van der Waals surface area contributed by atoms with Gasteiger partial charge in [0.25, 0.3) is 0 Å². The summed E-state index contributed by atoms with van der Waals surface area (Å²) in [5.74, 6) is 2.61. The lowest BCUT2D eigenvalue weighted by molar-refractivity contribution is 0.286. The van der Waals surface area contributed by atoms with Crippen molar-refractivity contribution >= 4 is 0 Å². The van der Waals surface area contributed by atoms with Crippen molar-refractivity contribution < 1.29 is 14.2 Å². The second-order valence-electron chi connectivity index (χ2n) is 6.77. The van der Waals surface area contributed by atoms with Crippen molar-refractivity contribution in [3.05, 3.63) is 53.1 Å². The molecule has 2 aromatic carbocycles. The Morgan fingerprint density at radius 2 is 1.63 bits per heavy atom. The number of fused-ring (bicyclic) bond motifs is 1. The summed E-state index contributed by atoms with van der Waals surface area (Å²) >= 11 is 0. The Labute approximate surface area is 162 Å². The molecule has 146 valence electrons. The quantitative estimate of drug-likeness (QED) is 0.638. The highest BCUT2D eigenvalue weighted by atomic mass is 16.5. The Balaban J connectivity index is 1.85. The van der Waals surface area contributed by atoms with Crippen molar-refractivity contribution in [2.75, 3.05) is 26.4 Å². The largest absolute Gasteiger partial charge is 0.494 e. The van der Waals surface area contributed by atoms with Crippen LogP contribution in [0.5, 0.6) is 17.2 Å². The van der Waals surface area contributed by atoms with Gasteiger partial charge in [-0.15, -0.1) is 0 Å². The van der Waals surface area contributed by atoms with Crippen LogP contribution in [-0.2, 0) is 6.42 Å². The summed E-state index contributed by atoms with van der Waals surface area (Å²) in [6.45, 7) is 9.17. The molecular weight excluding hydrogens is 338 g/mol. The molecule has 1 N–H and O–H groups in total. The van der Waals surface area contributed by atoms with Crippen molar-refractivity contribution in [1.29, 1.82) is 0 Å². The molecule has 1 atom stereocenters. The Morgan fingerprint density at radius 1 is 0.926 bits per heavy atom. The third kappa shape index (κ3) is 4.75. The van der Waals surface area contributed by atoms with Crippen molar-refractivity contribution in [2.45, 2.75) is 46.1 Å². The first-order chi connectivity index (χ1) is 13.3. The molecule has 1 aliphatic heterocycles. The smallest absolute Gasteiger partial charge is 0.161 e. The molecule has 1 unspecified atom stereocenters. The summed E-state index contributed by atoms with van der Waals surface area (Å²) in [6.07, 6.45) is 3.23. The topological polar surface area (TPSA) is 39.7 Å². The van der Waals surface area contributed by atoms with Crippen molar-refractivity contribution in [3.8, 4) is 17.2 Å². The van der Waals surface area contributed by atoms with Gasteiger partial charge in [-0.05, 0) is 67.6 Å². The lowest BCUT2D eigenvalue weighted by atomic mass is 9.89. The van der Waals surface area contributed by atoms with Crippen LogP contribution >= 0.6 is 0 Å². The van der Waals surface area contributed by atoms with Gasteiger partial charge in [-0.25, -0.2) is 0 Å². The first-order valence-electron chi connectivity index (χ1n) is 10.1. The third-order valence-corrected chi connectivity index (χ3v) is 4.84. The van der Waals surface area contributed by atoms with Gasteiger partial charge in [-0.2, -0.15) is 0 Å². The van der Waals surface area contributed by atoms with E-state index >= 15 is 0 Å². The second-order valence-corrected chi connectivity index (χ2v) is 6.77. The molecule has 0 saturated heterocycles. The molecular formula is C23H31NO3. The number of rotatable bonds is 9. The van der Waals surface area contributed by atoms with E-state index in [9.17, 15) is 0 Å². The Hall–Kier alpha value is -2.20. The highest BCUT2D eigenvalue weighted by Gasteiger charge is 2.24. The maximum absolute atomic E-state index is 5.84.